The number of nitrogens with one attached hydrogen (secondary N) is 1. The van der Waals surface area contributed by atoms with E-state index >= 15 is 0 Å². The number of halogens is 5. The lowest BCUT2D eigenvalue weighted by atomic mass is 10.1. The number of carbonyl (C=O) groups is 1. The van der Waals surface area contributed by atoms with Crippen molar-refractivity contribution in [3.05, 3.63) is 71.6 Å². The van der Waals surface area contributed by atoms with E-state index in [0.717, 1.165) is 28.3 Å². The van der Waals surface area contributed by atoms with E-state index in [1.54, 1.807) is 24.5 Å². The van der Waals surface area contributed by atoms with Crippen molar-refractivity contribution in [2.45, 2.75) is 38.8 Å². The minimum absolute atomic E-state index is 0.0576. The first kappa shape index (κ1) is 29.9. The molecular formula is C28H26F5N3O5. The van der Waals surface area contributed by atoms with Crippen LogP contribution in [-0.2, 0) is 11.3 Å². The van der Waals surface area contributed by atoms with Crippen molar-refractivity contribution in [1.29, 1.82) is 0 Å². The summed E-state index contributed by atoms with van der Waals surface area (Å²) in [6.45, 7) is 3.04. The minimum Gasteiger partial charge on any atom is -0.478 e. The van der Waals surface area contributed by atoms with E-state index in [9.17, 15) is 31.9 Å². The molecule has 0 saturated carbocycles. The van der Waals surface area contributed by atoms with Gasteiger partial charge in [-0.25, -0.2) is 18.6 Å². The molecule has 0 bridgehead atoms. The van der Waals surface area contributed by atoms with Crippen LogP contribution in [0.5, 0.6) is 11.6 Å². The molecule has 0 radical (unpaired) electrons. The molecule has 41 heavy (non-hydrogen) atoms. The molecule has 0 spiro atoms. The van der Waals surface area contributed by atoms with Crippen LogP contribution in [0.1, 0.15) is 35.7 Å². The number of hydrogen-bond donors (Lipinski definition) is 2. The van der Waals surface area contributed by atoms with Gasteiger partial charge in [0.05, 0.1) is 17.7 Å². The summed E-state index contributed by atoms with van der Waals surface area (Å²) in [5, 5.41) is 14.6. The zero-order chi connectivity index (χ0) is 29.6. The Balaban J connectivity index is 1.22. The summed E-state index contributed by atoms with van der Waals surface area (Å²) in [5.41, 5.74) is 0.719. The van der Waals surface area contributed by atoms with Crippen LogP contribution < -0.4 is 14.8 Å². The summed E-state index contributed by atoms with van der Waals surface area (Å²) in [7, 11) is 0. The summed E-state index contributed by atoms with van der Waals surface area (Å²) < 4.78 is 79.5. The molecule has 13 heteroatoms. The molecule has 2 aromatic heterocycles. The third-order valence-corrected chi connectivity index (χ3v) is 5.97. The second kappa shape index (κ2) is 13.0. The van der Waals surface area contributed by atoms with Crippen molar-refractivity contribution in [3.8, 4) is 11.6 Å². The van der Waals surface area contributed by atoms with Crippen molar-refractivity contribution in [2.24, 2.45) is 0 Å². The highest BCUT2D eigenvalue weighted by Gasteiger charge is 2.34. The van der Waals surface area contributed by atoms with E-state index < -0.39 is 29.7 Å². The monoisotopic (exact) mass is 579 g/mol. The predicted molar refractivity (Wildman–Crippen MR) is 139 cm³/mol. The highest BCUT2D eigenvalue weighted by atomic mass is 19.4. The Morgan fingerprint density at radius 1 is 1.05 bits per heavy atom. The van der Waals surface area contributed by atoms with Gasteiger partial charge in [-0.3, -0.25) is 4.98 Å². The number of carboxylic acids is 1. The largest absolute Gasteiger partial charge is 0.573 e. The van der Waals surface area contributed by atoms with Crippen molar-refractivity contribution in [3.63, 3.8) is 0 Å². The van der Waals surface area contributed by atoms with Crippen LogP contribution in [0.4, 0.5) is 22.0 Å². The zero-order valence-electron chi connectivity index (χ0n) is 21.8. The van der Waals surface area contributed by atoms with Crippen molar-refractivity contribution in [2.75, 3.05) is 19.8 Å². The van der Waals surface area contributed by atoms with E-state index in [1.165, 1.54) is 12.1 Å². The highest BCUT2D eigenvalue weighted by molar-refractivity contribution is 6.08. The lowest BCUT2D eigenvalue weighted by Crippen LogP contribution is -2.21. The lowest BCUT2D eigenvalue weighted by molar-refractivity contribution is -0.276. The number of rotatable bonds is 13. The Labute approximate surface area is 231 Å². The number of fused-ring (bicyclic) bond motifs is 3. The molecule has 2 N–H and O–H groups in total. The average molecular weight is 580 g/mol. The fraction of sp³-hybridized carbons (Fsp3) is 0.321. The van der Waals surface area contributed by atoms with Gasteiger partial charge in [-0.1, -0.05) is 6.07 Å². The lowest BCUT2D eigenvalue weighted by Gasteiger charge is -2.17. The summed E-state index contributed by atoms with van der Waals surface area (Å²) in [4.78, 5) is 20.1. The molecule has 2 aromatic carbocycles. The topological polar surface area (TPSA) is 103 Å². The number of ether oxygens (including phenoxy) is 3. The number of alkyl halides is 3. The van der Waals surface area contributed by atoms with E-state index in [1.807, 2.05) is 6.92 Å². The predicted octanol–water partition coefficient (Wildman–Crippen LogP) is 6.01. The molecule has 8 nitrogen and oxygen atoms in total. The fourth-order valence-electron chi connectivity index (χ4n) is 4.13. The molecule has 0 aliphatic rings. The van der Waals surface area contributed by atoms with E-state index in [-0.39, 0.29) is 30.4 Å². The third kappa shape index (κ3) is 7.98. The third-order valence-electron chi connectivity index (χ3n) is 5.97. The van der Waals surface area contributed by atoms with Crippen LogP contribution in [0.25, 0.3) is 21.7 Å². The molecule has 0 amide bonds. The molecular weight excluding hydrogens is 553 g/mol. The molecule has 0 aliphatic carbocycles. The van der Waals surface area contributed by atoms with Crippen LogP contribution in [0.15, 0.2) is 48.8 Å². The molecule has 2 heterocycles. The number of hydrogen-bond acceptors (Lipinski definition) is 7. The van der Waals surface area contributed by atoms with E-state index in [2.05, 4.69) is 20.0 Å². The maximum Gasteiger partial charge on any atom is 0.573 e. The van der Waals surface area contributed by atoms with Gasteiger partial charge >= 0.3 is 12.3 Å². The fourth-order valence-corrected chi connectivity index (χ4v) is 4.13. The standard InChI is InChI=1S/C28H26F5N3O5/c1-16(40-26-20-6-8-35-14-21(20)19-5-4-18(27(37)38)12-24(19)36-26)15-39-9-3-2-7-34-13-17-10-22(29)25(23(30)11-17)41-28(31,32)33/h4-6,8,10-12,14,16,34H,2-3,7,9,13,15H2,1H3,(H,37,38)/t16-/m1/s1. The normalized spacial score (nSPS) is 12.5. The number of carboxylic acid groups (broad SMARTS) is 1. The van der Waals surface area contributed by atoms with E-state index in [4.69, 9.17) is 9.47 Å². The Kier molecular flexibility index (Phi) is 9.50. The van der Waals surface area contributed by atoms with Gasteiger partial charge in [0.15, 0.2) is 11.6 Å². The smallest absolute Gasteiger partial charge is 0.478 e. The highest BCUT2D eigenvalue weighted by Crippen LogP contribution is 2.31. The van der Waals surface area contributed by atoms with Crippen LogP contribution in [0, 0.1) is 11.6 Å². The van der Waals surface area contributed by atoms with Gasteiger partial charge in [-0.05, 0) is 62.2 Å². The maximum absolute atomic E-state index is 13.8. The number of aromatic nitrogens is 2. The first-order valence-electron chi connectivity index (χ1n) is 12.6. The first-order valence-corrected chi connectivity index (χ1v) is 12.6. The van der Waals surface area contributed by atoms with Gasteiger partial charge in [0.1, 0.15) is 6.10 Å². The Morgan fingerprint density at radius 2 is 1.80 bits per heavy atom. The summed E-state index contributed by atoms with van der Waals surface area (Å²) in [6, 6.07) is 8.04. The quantitative estimate of drug-likeness (QED) is 0.113. The first-order chi connectivity index (χ1) is 19.5. The van der Waals surface area contributed by atoms with Crippen LogP contribution in [0.2, 0.25) is 0 Å². The Morgan fingerprint density at radius 3 is 2.51 bits per heavy atom. The van der Waals surface area contributed by atoms with Gasteiger partial charge in [0.25, 0.3) is 0 Å². The van der Waals surface area contributed by atoms with E-state index in [0.29, 0.717) is 37.4 Å². The maximum atomic E-state index is 13.8. The summed E-state index contributed by atoms with van der Waals surface area (Å²) in [5.74, 6) is -5.07. The number of nitrogens with zero attached hydrogens (tertiary/aromatic N) is 2. The Hall–Kier alpha value is -4.10. The number of benzene rings is 2. The second-order valence-electron chi connectivity index (χ2n) is 9.20. The SMILES string of the molecule is C[C@H](COCCCCNCc1cc(F)c(OC(F)(F)F)c(F)c1)Oc1nc2cc(C(=O)O)ccc2c2cnccc12. The van der Waals surface area contributed by atoms with Gasteiger partial charge in [0, 0.05) is 41.7 Å². The van der Waals surface area contributed by atoms with Crippen LogP contribution >= 0.6 is 0 Å². The average Bonchev–Trinajstić information content (AvgIpc) is 2.91. The minimum atomic E-state index is -5.19. The summed E-state index contributed by atoms with van der Waals surface area (Å²) in [6.07, 6.45) is -0.931. The molecule has 0 unspecified atom stereocenters. The van der Waals surface area contributed by atoms with Gasteiger partial charge in [-0.15, -0.1) is 13.2 Å². The van der Waals surface area contributed by atoms with Gasteiger partial charge in [-0.2, -0.15) is 0 Å². The summed E-state index contributed by atoms with van der Waals surface area (Å²) >= 11 is 0. The van der Waals surface area contributed by atoms with Gasteiger partial charge < -0.3 is 24.6 Å². The van der Waals surface area contributed by atoms with Crippen molar-refractivity contribution < 1.29 is 46.1 Å². The Bertz CT molecular complexity index is 1510. The van der Waals surface area contributed by atoms with Crippen LogP contribution in [0.3, 0.4) is 0 Å². The number of unbranched alkanes of at least 4 members (excludes halogenated alkanes) is 1. The molecule has 4 aromatic rings. The number of aromatic carboxylic acids is 1. The zero-order valence-corrected chi connectivity index (χ0v) is 21.8. The molecule has 1 atom stereocenters. The van der Waals surface area contributed by atoms with Crippen LogP contribution in [-0.4, -0.2) is 53.3 Å². The molecule has 0 saturated heterocycles. The van der Waals surface area contributed by atoms with Crippen molar-refractivity contribution >= 4 is 27.6 Å². The number of pyridine rings is 2. The van der Waals surface area contributed by atoms with Crippen molar-refractivity contribution in [1.82, 2.24) is 15.3 Å². The molecule has 218 valence electrons. The molecule has 4 rings (SSSR count). The molecule has 0 aliphatic heterocycles. The van der Waals surface area contributed by atoms with Gasteiger partial charge in [0.2, 0.25) is 11.6 Å². The second-order valence-corrected chi connectivity index (χ2v) is 9.20. The molecule has 0 fully saturated rings.